The van der Waals surface area contributed by atoms with Crippen LogP contribution in [0, 0.1) is 13.8 Å². The highest BCUT2D eigenvalue weighted by Crippen LogP contribution is 2.26. The minimum absolute atomic E-state index is 0.201. The number of benzene rings is 2. The van der Waals surface area contributed by atoms with E-state index in [0.717, 1.165) is 16.8 Å². The fourth-order valence-corrected chi connectivity index (χ4v) is 2.21. The number of hydrazine groups is 1. The predicted octanol–water partition coefficient (Wildman–Crippen LogP) is 3.49. The van der Waals surface area contributed by atoms with Crippen molar-refractivity contribution in [2.45, 2.75) is 13.8 Å². The van der Waals surface area contributed by atoms with Crippen LogP contribution in [0.25, 0.3) is 0 Å². The molecule has 4 nitrogen and oxygen atoms in total. The molecule has 0 atom stereocenters. The number of halogens is 1. The van der Waals surface area contributed by atoms with Crippen LogP contribution in [0.1, 0.15) is 21.5 Å². The summed E-state index contributed by atoms with van der Waals surface area (Å²) in [6, 6.07) is 10.7. The van der Waals surface area contributed by atoms with Crippen LogP contribution in [-0.4, -0.2) is 5.91 Å². The van der Waals surface area contributed by atoms with Crippen LogP contribution in [0.3, 0.4) is 0 Å². The van der Waals surface area contributed by atoms with Gasteiger partial charge in [-0.3, -0.25) is 10.6 Å². The largest absolute Gasteiger partial charge is 0.324 e. The number of nitrogens with one attached hydrogen (secondary N) is 2. The molecule has 0 spiro atoms. The van der Waals surface area contributed by atoms with Crippen molar-refractivity contribution in [1.82, 2.24) is 0 Å². The smallest absolute Gasteiger partial charge is 0.255 e. The number of aryl methyl sites for hydroxylation is 2. The molecular weight excluding hydrogens is 274 g/mol. The number of hydrogen-bond acceptors (Lipinski definition) is 3. The second-order valence-corrected chi connectivity index (χ2v) is 4.97. The summed E-state index contributed by atoms with van der Waals surface area (Å²) in [5.41, 5.74) is 6.38. The molecule has 0 aliphatic rings. The molecule has 0 radical (unpaired) electrons. The first kappa shape index (κ1) is 14.4. The Morgan fingerprint density at radius 2 is 1.90 bits per heavy atom. The summed E-state index contributed by atoms with van der Waals surface area (Å²) in [6.45, 7) is 3.78. The average molecular weight is 290 g/mol. The second-order valence-electron chi connectivity index (χ2n) is 4.56. The van der Waals surface area contributed by atoms with Gasteiger partial charge in [0.05, 0.1) is 16.4 Å². The highest BCUT2D eigenvalue weighted by molar-refractivity contribution is 6.34. The maximum atomic E-state index is 12.2. The zero-order valence-electron chi connectivity index (χ0n) is 11.3. The van der Waals surface area contributed by atoms with E-state index >= 15 is 0 Å². The van der Waals surface area contributed by atoms with Crippen LogP contribution in [0.4, 0.5) is 11.4 Å². The highest BCUT2D eigenvalue weighted by atomic mass is 35.5. The monoisotopic (exact) mass is 289 g/mol. The lowest BCUT2D eigenvalue weighted by Gasteiger charge is -2.11. The fourth-order valence-electron chi connectivity index (χ4n) is 1.94. The molecule has 2 aromatic carbocycles. The first-order chi connectivity index (χ1) is 9.52. The molecule has 5 heteroatoms. The van der Waals surface area contributed by atoms with E-state index in [4.69, 9.17) is 17.4 Å². The molecular formula is C15H16ClN3O. The third-order valence-corrected chi connectivity index (χ3v) is 3.42. The van der Waals surface area contributed by atoms with E-state index in [-0.39, 0.29) is 5.91 Å². The zero-order chi connectivity index (χ0) is 14.7. The maximum absolute atomic E-state index is 12.2. The van der Waals surface area contributed by atoms with E-state index in [1.54, 1.807) is 24.3 Å². The van der Waals surface area contributed by atoms with Gasteiger partial charge in [-0.15, -0.1) is 0 Å². The number of carbonyl (C=O) groups excluding carboxylic acids is 1. The van der Waals surface area contributed by atoms with Gasteiger partial charge in [-0.05, 0) is 49.2 Å². The van der Waals surface area contributed by atoms with Crippen molar-refractivity contribution in [3.63, 3.8) is 0 Å². The molecule has 0 saturated carbocycles. The third kappa shape index (κ3) is 2.92. The van der Waals surface area contributed by atoms with E-state index < -0.39 is 0 Å². The number of carbonyl (C=O) groups is 1. The van der Waals surface area contributed by atoms with E-state index in [0.29, 0.717) is 16.3 Å². The molecule has 0 fully saturated rings. The number of nitrogen functional groups attached to an aromatic ring is 1. The zero-order valence-corrected chi connectivity index (χ0v) is 12.1. The lowest BCUT2D eigenvalue weighted by Crippen LogP contribution is -2.14. The van der Waals surface area contributed by atoms with Gasteiger partial charge >= 0.3 is 0 Å². The standard InChI is InChI=1S/C15H16ClN3O/c1-9-4-3-5-12(16)14(9)18-15(20)11-6-7-13(19-17)10(2)8-11/h3-8,19H,17H2,1-2H3,(H,18,20). The summed E-state index contributed by atoms with van der Waals surface area (Å²) in [5.74, 6) is 5.17. The Labute approximate surface area is 122 Å². The van der Waals surface area contributed by atoms with Gasteiger partial charge in [0.2, 0.25) is 0 Å². The number of para-hydroxylation sites is 1. The van der Waals surface area contributed by atoms with Crippen molar-refractivity contribution in [3.8, 4) is 0 Å². The summed E-state index contributed by atoms with van der Waals surface area (Å²) in [6.07, 6.45) is 0. The second kappa shape index (κ2) is 5.94. The Bertz CT molecular complexity index is 635. The third-order valence-electron chi connectivity index (χ3n) is 3.10. The Balaban J connectivity index is 2.26. The lowest BCUT2D eigenvalue weighted by molar-refractivity contribution is 0.102. The van der Waals surface area contributed by atoms with Crippen molar-refractivity contribution in [2.24, 2.45) is 5.84 Å². The molecule has 0 unspecified atom stereocenters. The molecule has 0 saturated heterocycles. The van der Waals surface area contributed by atoms with Crippen LogP contribution < -0.4 is 16.6 Å². The van der Waals surface area contributed by atoms with Gasteiger partial charge in [0.25, 0.3) is 5.91 Å². The summed E-state index contributed by atoms with van der Waals surface area (Å²) in [5, 5.41) is 3.36. The number of amides is 1. The molecule has 0 aliphatic carbocycles. The summed E-state index contributed by atoms with van der Waals surface area (Å²) >= 11 is 6.10. The number of nitrogens with two attached hydrogens (primary N) is 1. The summed E-state index contributed by atoms with van der Waals surface area (Å²) < 4.78 is 0. The maximum Gasteiger partial charge on any atom is 0.255 e. The predicted molar refractivity (Wildman–Crippen MR) is 83.1 cm³/mol. The van der Waals surface area contributed by atoms with Crippen LogP contribution in [0.2, 0.25) is 5.02 Å². The molecule has 0 aliphatic heterocycles. The quantitative estimate of drug-likeness (QED) is 0.598. The highest BCUT2D eigenvalue weighted by Gasteiger charge is 2.11. The first-order valence-electron chi connectivity index (χ1n) is 6.16. The summed E-state index contributed by atoms with van der Waals surface area (Å²) in [7, 11) is 0. The molecule has 0 bridgehead atoms. The van der Waals surface area contributed by atoms with Crippen molar-refractivity contribution < 1.29 is 4.79 Å². The van der Waals surface area contributed by atoms with Crippen molar-refractivity contribution >= 4 is 28.9 Å². The van der Waals surface area contributed by atoms with Crippen LogP contribution in [0.15, 0.2) is 36.4 Å². The Hall–Kier alpha value is -2.04. The molecule has 4 N–H and O–H groups in total. The minimum Gasteiger partial charge on any atom is -0.324 e. The van der Waals surface area contributed by atoms with Crippen LogP contribution in [-0.2, 0) is 0 Å². The summed E-state index contributed by atoms with van der Waals surface area (Å²) in [4.78, 5) is 12.2. The van der Waals surface area contributed by atoms with E-state index in [2.05, 4.69) is 10.7 Å². The van der Waals surface area contributed by atoms with Crippen molar-refractivity contribution in [1.29, 1.82) is 0 Å². The first-order valence-corrected chi connectivity index (χ1v) is 6.54. The Morgan fingerprint density at radius 3 is 2.50 bits per heavy atom. The molecule has 0 aromatic heterocycles. The fraction of sp³-hybridized carbons (Fsp3) is 0.133. The van der Waals surface area contributed by atoms with Crippen LogP contribution in [0.5, 0.6) is 0 Å². The average Bonchev–Trinajstić information content (AvgIpc) is 2.42. The molecule has 20 heavy (non-hydrogen) atoms. The van der Waals surface area contributed by atoms with Crippen molar-refractivity contribution in [2.75, 3.05) is 10.7 Å². The van der Waals surface area contributed by atoms with Gasteiger partial charge in [-0.25, -0.2) is 0 Å². The lowest BCUT2D eigenvalue weighted by atomic mass is 10.1. The number of hydrogen-bond donors (Lipinski definition) is 3. The molecule has 104 valence electrons. The molecule has 0 heterocycles. The van der Waals surface area contributed by atoms with Gasteiger partial charge in [-0.1, -0.05) is 23.7 Å². The number of rotatable bonds is 3. The van der Waals surface area contributed by atoms with Gasteiger partial charge < -0.3 is 10.7 Å². The van der Waals surface area contributed by atoms with E-state index in [9.17, 15) is 4.79 Å². The molecule has 2 aromatic rings. The Kier molecular flexibility index (Phi) is 4.27. The van der Waals surface area contributed by atoms with Gasteiger partial charge in [0.15, 0.2) is 0 Å². The number of anilines is 2. The van der Waals surface area contributed by atoms with Crippen LogP contribution >= 0.6 is 11.6 Å². The molecule has 2 rings (SSSR count). The Morgan fingerprint density at radius 1 is 1.15 bits per heavy atom. The van der Waals surface area contributed by atoms with Gasteiger partial charge in [0, 0.05) is 5.56 Å². The molecule has 1 amide bonds. The topological polar surface area (TPSA) is 67.2 Å². The van der Waals surface area contributed by atoms with E-state index in [1.165, 1.54) is 0 Å². The normalized spacial score (nSPS) is 10.2. The van der Waals surface area contributed by atoms with Gasteiger partial charge in [0.1, 0.15) is 0 Å². The van der Waals surface area contributed by atoms with Gasteiger partial charge in [-0.2, -0.15) is 0 Å². The van der Waals surface area contributed by atoms with Crippen molar-refractivity contribution in [3.05, 3.63) is 58.1 Å². The minimum atomic E-state index is -0.201. The SMILES string of the molecule is Cc1cc(C(=O)Nc2c(C)cccc2Cl)ccc1NN. The van der Waals surface area contributed by atoms with E-state index in [1.807, 2.05) is 26.0 Å².